The standard InChI is InChI=1S/C18H24BrNO3/c1-12-3-5-14(6-4-12)20(2)18(21)10-13-9-16-17(11-15(13)19)23-8-7-22-16/h9,11-12,14H,3-8,10H2,1-2H3. The second-order valence-corrected chi connectivity index (χ2v) is 7.54. The van der Waals surface area contributed by atoms with Crippen LogP contribution < -0.4 is 9.47 Å². The van der Waals surface area contributed by atoms with Gasteiger partial charge < -0.3 is 14.4 Å². The summed E-state index contributed by atoms with van der Waals surface area (Å²) in [5.74, 6) is 2.44. The van der Waals surface area contributed by atoms with E-state index in [0.29, 0.717) is 25.7 Å². The van der Waals surface area contributed by atoms with E-state index in [4.69, 9.17) is 9.47 Å². The minimum Gasteiger partial charge on any atom is -0.486 e. The fourth-order valence-electron chi connectivity index (χ4n) is 3.36. The number of carbonyl (C=O) groups is 1. The van der Waals surface area contributed by atoms with E-state index in [0.717, 1.165) is 40.3 Å². The molecule has 0 saturated heterocycles. The normalized spacial score (nSPS) is 23.4. The van der Waals surface area contributed by atoms with E-state index in [1.165, 1.54) is 12.8 Å². The van der Waals surface area contributed by atoms with Gasteiger partial charge in [0.1, 0.15) is 13.2 Å². The lowest BCUT2D eigenvalue weighted by Crippen LogP contribution is -2.40. The number of halogens is 1. The predicted octanol–water partition coefficient (Wildman–Crippen LogP) is 3.80. The Bertz CT molecular complexity index is 582. The Morgan fingerprint density at radius 1 is 1.17 bits per heavy atom. The first-order valence-corrected chi connectivity index (χ1v) is 9.17. The van der Waals surface area contributed by atoms with Gasteiger partial charge in [-0.2, -0.15) is 0 Å². The third-order valence-electron chi connectivity index (χ3n) is 4.98. The molecule has 0 radical (unpaired) electrons. The van der Waals surface area contributed by atoms with Gasteiger partial charge in [0, 0.05) is 17.6 Å². The zero-order valence-electron chi connectivity index (χ0n) is 13.8. The monoisotopic (exact) mass is 381 g/mol. The molecule has 0 atom stereocenters. The molecule has 0 bridgehead atoms. The number of nitrogens with zero attached hydrogens (tertiary/aromatic N) is 1. The van der Waals surface area contributed by atoms with Crippen LogP contribution in [0.25, 0.3) is 0 Å². The Kier molecular flexibility index (Phi) is 5.14. The Morgan fingerprint density at radius 3 is 2.43 bits per heavy atom. The molecule has 1 aromatic carbocycles. The molecule has 1 aromatic rings. The number of likely N-dealkylation sites (N-methyl/N-ethyl adjacent to an activating group) is 1. The van der Waals surface area contributed by atoms with E-state index in [1.54, 1.807) is 0 Å². The van der Waals surface area contributed by atoms with Crippen molar-refractivity contribution in [1.82, 2.24) is 4.90 Å². The van der Waals surface area contributed by atoms with Crippen molar-refractivity contribution in [3.8, 4) is 11.5 Å². The Morgan fingerprint density at radius 2 is 1.78 bits per heavy atom. The predicted molar refractivity (Wildman–Crippen MR) is 93.0 cm³/mol. The van der Waals surface area contributed by atoms with Gasteiger partial charge in [0.25, 0.3) is 0 Å². The van der Waals surface area contributed by atoms with Gasteiger partial charge >= 0.3 is 0 Å². The quantitative estimate of drug-likeness (QED) is 0.798. The smallest absolute Gasteiger partial charge is 0.227 e. The van der Waals surface area contributed by atoms with Gasteiger partial charge in [0.05, 0.1) is 6.42 Å². The molecule has 4 nitrogen and oxygen atoms in total. The van der Waals surface area contributed by atoms with Crippen molar-refractivity contribution in [3.05, 3.63) is 22.2 Å². The lowest BCUT2D eigenvalue weighted by Gasteiger charge is -2.33. The summed E-state index contributed by atoms with van der Waals surface area (Å²) in [6, 6.07) is 4.21. The lowest BCUT2D eigenvalue weighted by atomic mass is 9.86. The number of hydrogen-bond acceptors (Lipinski definition) is 3. The summed E-state index contributed by atoms with van der Waals surface area (Å²) in [7, 11) is 1.94. The molecule has 1 heterocycles. The van der Waals surface area contributed by atoms with Gasteiger partial charge in [-0.05, 0) is 49.3 Å². The highest BCUT2D eigenvalue weighted by Crippen LogP contribution is 2.36. The SMILES string of the molecule is CC1CCC(N(C)C(=O)Cc2cc3c(cc2Br)OCCO3)CC1. The zero-order chi connectivity index (χ0) is 16.4. The molecule has 3 rings (SSSR count). The molecule has 23 heavy (non-hydrogen) atoms. The molecule has 1 amide bonds. The summed E-state index contributed by atoms with van der Waals surface area (Å²) in [6.07, 6.45) is 5.06. The molecule has 5 heteroatoms. The van der Waals surface area contributed by atoms with Crippen molar-refractivity contribution in [2.75, 3.05) is 20.3 Å². The fourth-order valence-corrected chi connectivity index (χ4v) is 3.83. The van der Waals surface area contributed by atoms with E-state index in [2.05, 4.69) is 22.9 Å². The maximum Gasteiger partial charge on any atom is 0.227 e. The van der Waals surface area contributed by atoms with Gasteiger partial charge in [-0.1, -0.05) is 22.9 Å². The van der Waals surface area contributed by atoms with Crippen LogP contribution >= 0.6 is 15.9 Å². The van der Waals surface area contributed by atoms with Gasteiger partial charge in [-0.25, -0.2) is 0 Å². The van der Waals surface area contributed by atoms with E-state index in [1.807, 2.05) is 24.1 Å². The molecule has 126 valence electrons. The molecule has 1 saturated carbocycles. The Balaban J connectivity index is 1.67. The van der Waals surface area contributed by atoms with Gasteiger partial charge in [0.15, 0.2) is 11.5 Å². The third-order valence-corrected chi connectivity index (χ3v) is 5.72. The minimum atomic E-state index is 0.168. The minimum absolute atomic E-state index is 0.168. The van der Waals surface area contributed by atoms with Crippen LogP contribution in [0.5, 0.6) is 11.5 Å². The molecule has 0 unspecified atom stereocenters. The van der Waals surface area contributed by atoms with Gasteiger partial charge in [-0.3, -0.25) is 4.79 Å². The highest BCUT2D eigenvalue weighted by atomic mass is 79.9. The van der Waals surface area contributed by atoms with Crippen LogP contribution in [0.3, 0.4) is 0 Å². The van der Waals surface area contributed by atoms with Crippen LogP contribution in [0.2, 0.25) is 0 Å². The third kappa shape index (κ3) is 3.82. The summed E-state index contributed by atoms with van der Waals surface area (Å²) in [6.45, 7) is 3.42. The number of rotatable bonds is 3. The van der Waals surface area contributed by atoms with Crippen LogP contribution in [-0.2, 0) is 11.2 Å². The average Bonchev–Trinajstić information content (AvgIpc) is 2.55. The molecular weight excluding hydrogens is 358 g/mol. The van der Waals surface area contributed by atoms with E-state index >= 15 is 0 Å². The number of hydrogen-bond donors (Lipinski definition) is 0. The van der Waals surface area contributed by atoms with E-state index in [-0.39, 0.29) is 5.91 Å². The summed E-state index contributed by atoms with van der Waals surface area (Å²) < 4.78 is 12.1. The molecule has 1 fully saturated rings. The fraction of sp³-hybridized carbons (Fsp3) is 0.611. The van der Waals surface area contributed by atoms with Crippen LogP contribution in [0.4, 0.5) is 0 Å². The number of fused-ring (bicyclic) bond motifs is 1. The second-order valence-electron chi connectivity index (χ2n) is 6.68. The molecule has 0 spiro atoms. The first-order valence-electron chi connectivity index (χ1n) is 8.38. The highest BCUT2D eigenvalue weighted by molar-refractivity contribution is 9.10. The van der Waals surface area contributed by atoms with Gasteiger partial charge in [-0.15, -0.1) is 0 Å². The zero-order valence-corrected chi connectivity index (χ0v) is 15.4. The van der Waals surface area contributed by atoms with Crippen molar-refractivity contribution in [2.24, 2.45) is 5.92 Å². The van der Waals surface area contributed by atoms with Crippen LogP contribution in [0.1, 0.15) is 38.2 Å². The Labute approximate surface area is 146 Å². The number of amides is 1. The van der Waals surface area contributed by atoms with Crippen LogP contribution in [-0.4, -0.2) is 37.1 Å². The number of benzene rings is 1. The summed E-state index contributed by atoms with van der Waals surface area (Å²) >= 11 is 3.55. The van der Waals surface area contributed by atoms with E-state index in [9.17, 15) is 4.79 Å². The van der Waals surface area contributed by atoms with Crippen molar-refractivity contribution in [2.45, 2.75) is 45.1 Å². The average molecular weight is 382 g/mol. The van der Waals surface area contributed by atoms with Crippen LogP contribution in [0, 0.1) is 5.92 Å². The number of ether oxygens (including phenoxy) is 2. The first kappa shape index (κ1) is 16.6. The van der Waals surface area contributed by atoms with Crippen molar-refractivity contribution >= 4 is 21.8 Å². The number of carbonyl (C=O) groups excluding carboxylic acids is 1. The van der Waals surface area contributed by atoms with Crippen molar-refractivity contribution in [3.63, 3.8) is 0 Å². The topological polar surface area (TPSA) is 38.8 Å². The molecule has 0 aromatic heterocycles. The van der Waals surface area contributed by atoms with Gasteiger partial charge in [0.2, 0.25) is 5.91 Å². The highest BCUT2D eigenvalue weighted by Gasteiger charge is 2.25. The van der Waals surface area contributed by atoms with Crippen molar-refractivity contribution < 1.29 is 14.3 Å². The second kappa shape index (κ2) is 7.12. The summed E-state index contributed by atoms with van der Waals surface area (Å²) in [5, 5.41) is 0. The lowest BCUT2D eigenvalue weighted by molar-refractivity contribution is -0.132. The molecule has 1 aliphatic carbocycles. The maximum absolute atomic E-state index is 12.6. The largest absolute Gasteiger partial charge is 0.486 e. The van der Waals surface area contributed by atoms with Crippen LogP contribution in [0.15, 0.2) is 16.6 Å². The first-order chi connectivity index (χ1) is 11.0. The van der Waals surface area contributed by atoms with Crippen molar-refractivity contribution in [1.29, 1.82) is 0 Å². The Hall–Kier alpha value is -1.23. The summed E-state index contributed by atoms with van der Waals surface area (Å²) in [5.41, 5.74) is 0.954. The molecule has 2 aliphatic rings. The maximum atomic E-state index is 12.6. The summed E-state index contributed by atoms with van der Waals surface area (Å²) in [4.78, 5) is 14.6. The van der Waals surface area contributed by atoms with E-state index < -0.39 is 0 Å². The molecular formula is C18H24BrNO3. The molecule has 1 aliphatic heterocycles. The molecule has 0 N–H and O–H groups in total.